The van der Waals surface area contributed by atoms with Gasteiger partial charge < -0.3 is 9.64 Å². The lowest BCUT2D eigenvalue weighted by Gasteiger charge is -2.30. The van der Waals surface area contributed by atoms with Crippen LogP contribution in [0.5, 0.6) is 5.75 Å². The summed E-state index contributed by atoms with van der Waals surface area (Å²) < 4.78 is 5.59. The van der Waals surface area contributed by atoms with Crippen LogP contribution in [-0.4, -0.2) is 17.5 Å². The number of hydrogen-bond acceptors (Lipinski definition) is 4. The summed E-state index contributed by atoms with van der Waals surface area (Å²) in [6.45, 7) is 2.24. The number of fused-ring (bicyclic) bond motifs is 1. The molecule has 0 fully saturated rings. The lowest BCUT2D eigenvalue weighted by Crippen LogP contribution is -2.38. The van der Waals surface area contributed by atoms with Crippen molar-refractivity contribution >= 4 is 46.1 Å². The summed E-state index contributed by atoms with van der Waals surface area (Å²) in [5, 5.41) is 4.05. The molecule has 0 bridgehead atoms. The first-order valence-electron chi connectivity index (χ1n) is 7.95. The molecule has 0 radical (unpaired) electrons. The van der Waals surface area contributed by atoms with Crippen molar-refractivity contribution in [1.29, 1.82) is 0 Å². The number of nitrogens with zero attached hydrogens (tertiary/aromatic N) is 2. The number of thiazole rings is 1. The summed E-state index contributed by atoms with van der Waals surface area (Å²) in [6, 6.07) is 11.1. The summed E-state index contributed by atoms with van der Waals surface area (Å²) in [4.78, 5) is 18.7. The fourth-order valence-electron chi connectivity index (χ4n) is 2.87. The Morgan fingerprint density at radius 2 is 2.00 bits per heavy atom. The number of ether oxygens (including phenoxy) is 1. The zero-order valence-electron chi connectivity index (χ0n) is 13.8. The van der Waals surface area contributed by atoms with Crippen LogP contribution in [0.15, 0.2) is 41.8 Å². The Bertz CT molecular complexity index is 983. The number of benzene rings is 2. The zero-order valence-corrected chi connectivity index (χ0v) is 16.2. The molecule has 7 heteroatoms. The molecule has 4 rings (SSSR count). The standard InChI is InChI=1S/C19H14Cl2N2O2S/c1-11-22-16(10-26-11)12-5-6-18-17(7-12)23(19(24)9-25-18)8-13-14(20)3-2-4-15(13)21/h2-7,10H,8-9H2,1H3. The van der Waals surface area contributed by atoms with Crippen LogP contribution in [0.25, 0.3) is 11.3 Å². The van der Waals surface area contributed by atoms with Gasteiger partial charge in [-0.15, -0.1) is 11.3 Å². The topological polar surface area (TPSA) is 42.4 Å². The van der Waals surface area contributed by atoms with Crippen molar-refractivity contribution in [2.75, 3.05) is 11.5 Å². The summed E-state index contributed by atoms with van der Waals surface area (Å²) in [5.41, 5.74) is 3.22. The molecular weight excluding hydrogens is 391 g/mol. The number of carbonyl (C=O) groups excluding carboxylic acids is 1. The fourth-order valence-corrected chi connectivity index (χ4v) is 4.01. The molecule has 0 saturated heterocycles. The number of aryl methyl sites for hydroxylation is 1. The van der Waals surface area contributed by atoms with E-state index < -0.39 is 0 Å². The van der Waals surface area contributed by atoms with Crippen LogP contribution in [0, 0.1) is 6.92 Å². The van der Waals surface area contributed by atoms with E-state index in [0.717, 1.165) is 16.3 Å². The van der Waals surface area contributed by atoms with Crippen molar-refractivity contribution in [3.63, 3.8) is 0 Å². The monoisotopic (exact) mass is 404 g/mol. The number of halogens is 2. The number of anilines is 1. The Morgan fingerprint density at radius 3 is 2.69 bits per heavy atom. The minimum atomic E-state index is -0.139. The number of rotatable bonds is 3. The first kappa shape index (κ1) is 17.3. The minimum absolute atomic E-state index is 0.00969. The molecule has 1 aliphatic rings. The highest BCUT2D eigenvalue weighted by molar-refractivity contribution is 7.09. The highest BCUT2D eigenvalue weighted by Crippen LogP contribution is 2.38. The molecule has 1 aliphatic heterocycles. The van der Waals surface area contributed by atoms with E-state index in [2.05, 4.69) is 4.98 Å². The van der Waals surface area contributed by atoms with E-state index in [0.29, 0.717) is 27.0 Å². The Balaban J connectivity index is 1.76. The van der Waals surface area contributed by atoms with Gasteiger partial charge in [-0.2, -0.15) is 0 Å². The molecule has 3 aromatic rings. The smallest absolute Gasteiger partial charge is 0.265 e. The average Bonchev–Trinajstić information content (AvgIpc) is 3.06. The fraction of sp³-hybridized carbons (Fsp3) is 0.158. The molecule has 4 nitrogen and oxygen atoms in total. The Labute approximate surface area is 165 Å². The maximum atomic E-state index is 12.5. The first-order chi connectivity index (χ1) is 12.5. The van der Waals surface area contributed by atoms with Crippen molar-refractivity contribution < 1.29 is 9.53 Å². The van der Waals surface area contributed by atoms with Gasteiger partial charge in [-0.25, -0.2) is 4.98 Å². The van der Waals surface area contributed by atoms with Crippen LogP contribution >= 0.6 is 34.5 Å². The Morgan fingerprint density at radius 1 is 1.23 bits per heavy atom. The first-order valence-corrected chi connectivity index (χ1v) is 9.59. The van der Waals surface area contributed by atoms with Gasteiger partial charge in [0.25, 0.3) is 5.91 Å². The predicted molar refractivity (Wildman–Crippen MR) is 105 cm³/mol. The highest BCUT2D eigenvalue weighted by Gasteiger charge is 2.27. The van der Waals surface area contributed by atoms with Crippen molar-refractivity contribution in [3.05, 3.63) is 62.4 Å². The number of carbonyl (C=O) groups is 1. The van der Waals surface area contributed by atoms with Crippen LogP contribution in [0.3, 0.4) is 0 Å². The molecule has 0 atom stereocenters. The second kappa shape index (κ2) is 6.91. The van der Waals surface area contributed by atoms with E-state index in [1.54, 1.807) is 34.4 Å². The molecule has 0 N–H and O–H groups in total. The normalized spacial score (nSPS) is 13.5. The van der Waals surface area contributed by atoms with Crippen molar-refractivity contribution in [3.8, 4) is 17.0 Å². The summed E-state index contributed by atoms with van der Waals surface area (Å²) >= 11 is 14.2. The second-order valence-electron chi connectivity index (χ2n) is 5.90. The molecule has 26 heavy (non-hydrogen) atoms. The van der Waals surface area contributed by atoms with Crippen LogP contribution in [-0.2, 0) is 11.3 Å². The Kier molecular flexibility index (Phi) is 4.61. The highest BCUT2D eigenvalue weighted by atomic mass is 35.5. The van der Waals surface area contributed by atoms with Gasteiger partial charge in [0, 0.05) is 26.6 Å². The lowest BCUT2D eigenvalue weighted by molar-refractivity contribution is -0.121. The van der Waals surface area contributed by atoms with Gasteiger partial charge >= 0.3 is 0 Å². The third kappa shape index (κ3) is 3.18. The summed E-state index contributed by atoms with van der Waals surface area (Å²) in [6.07, 6.45) is 0. The number of hydrogen-bond donors (Lipinski definition) is 0. The Hall–Kier alpha value is -2.08. The molecule has 0 aliphatic carbocycles. The maximum absolute atomic E-state index is 12.5. The molecular formula is C19H14Cl2N2O2S. The molecule has 1 amide bonds. The summed E-state index contributed by atoms with van der Waals surface area (Å²) in [5.74, 6) is 0.517. The van der Waals surface area contributed by atoms with Gasteiger partial charge in [0.05, 0.1) is 22.9 Å². The van der Waals surface area contributed by atoms with E-state index >= 15 is 0 Å². The lowest BCUT2D eigenvalue weighted by atomic mass is 10.1. The van der Waals surface area contributed by atoms with Gasteiger partial charge in [0.2, 0.25) is 0 Å². The largest absolute Gasteiger partial charge is 0.482 e. The molecule has 2 heterocycles. The van der Waals surface area contributed by atoms with Crippen LogP contribution in [0.4, 0.5) is 5.69 Å². The van der Waals surface area contributed by atoms with Gasteiger partial charge in [-0.1, -0.05) is 29.3 Å². The average molecular weight is 405 g/mol. The van der Waals surface area contributed by atoms with Crippen molar-refractivity contribution in [2.24, 2.45) is 0 Å². The van der Waals surface area contributed by atoms with Gasteiger partial charge in [0.1, 0.15) is 5.75 Å². The third-order valence-electron chi connectivity index (χ3n) is 4.19. The van der Waals surface area contributed by atoms with E-state index in [9.17, 15) is 4.79 Å². The van der Waals surface area contributed by atoms with Crippen LogP contribution in [0.1, 0.15) is 10.6 Å². The molecule has 132 valence electrons. The number of aromatic nitrogens is 1. The molecule has 0 saturated carbocycles. The third-order valence-corrected chi connectivity index (χ3v) is 5.68. The van der Waals surface area contributed by atoms with Gasteiger partial charge in [0.15, 0.2) is 6.61 Å². The van der Waals surface area contributed by atoms with Crippen LogP contribution < -0.4 is 9.64 Å². The SMILES string of the molecule is Cc1nc(-c2ccc3c(c2)N(Cc2c(Cl)cccc2Cl)C(=O)CO3)cs1. The maximum Gasteiger partial charge on any atom is 0.265 e. The van der Waals surface area contributed by atoms with Crippen molar-refractivity contribution in [2.45, 2.75) is 13.5 Å². The molecule has 0 spiro atoms. The predicted octanol–water partition coefficient (Wildman–Crippen LogP) is 5.35. The van der Waals surface area contributed by atoms with Crippen molar-refractivity contribution in [1.82, 2.24) is 4.98 Å². The zero-order chi connectivity index (χ0) is 18.3. The van der Waals surface area contributed by atoms with Crippen LogP contribution in [0.2, 0.25) is 10.0 Å². The molecule has 1 aromatic heterocycles. The van der Waals surface area contributed by atoms with E-state index in [1.165, 1.54) is 0 Å². The quantitative estimate of drug-likeness (QED) is 0.590. The van der Waals surface area contributed by atoms with E-state index in [4.69, 9.17) is 27.9 Å². The number of amides is 1. The summed E-state index contributed by atoms with van der Waals surface area (Å²) in [7, 11) is 0. The van der Waals surface area contributed by atoms with E-state index in [1.807, 2.05) is 30.5 Å². The molecule has 0 unspecified atom stereocenters. The molecule has 2 aromatic carbocycles. The van der Waals surface area contributed by atoms with Gasteiger partial charge in [-0.05, 0) is 37.3 Å². The minimum Gasteiger partial charge on any atom is -0.482 e. The van der Waals surface area contributed by atoms with E-state index in [-0.39, 0.29) is 19.1 Å². The second-order valence-corrected chi connectivity index (χ2v) is 7.78. The van der Waals surface area contributed by atoms with Gasteiger partial charge in [-0.3, -0.25) is 4.79 Å².